The van der Waals surface area contributed by atoms with Gasteiger partial charge in [0.15, 0.2) is 5.17 Å². The lowest BCUT2D eigenvalue weighted by Crippen LogP contribution is -1.91. The number of hydrogen-bond donors (Lipinski definition) is 1. The molecule has 0 heterocycles. The molecule has 0 radical (unpaired) electrons. The minimum absolute atomic E-state index is 0.00107. The van der Waals surface area contributed by atoms with Crippen molar-refractivity contribution in [2.45, 2.75) is 0 Å². The van der Waals surface area contributed by atoms with Crippen molar-refractivity contribution in [3.8, 4) is 0 Å². The smallest absolute Gasteiger partial charge is 0.175 e. The van der Waals surface area contributed by atoms with E-state index in [-0.39, 0.29) is 15.8 Å². The number of hydrogen-bond acceptors (Lipinski definition) is 2. The van der Waals surface area contributed by atoms with Crippen molar-refractivity contribution in [2.24, 2.45) is 5.16 Å². The van der Waals surface area contributed by atoms with Gasteiger partial charge in [-0.15, -0.1) is 0 Å². The van der Waals surface area contributed by atoms with Crippen LogP contribution in [0.25, 0.3) is 0 Å². The summed E-state index contributed by atoms with van der Waals surface area (Å²) in [5.74, 6) is -0.601. The van der Waals surface area contributed by atoms with Gasteiger partial charge in [-0.3, -0.25) is 0 Å². The van der Waals surface area contributed by atoms with E-state index >= 15 is 0 Å². The highest BCUT2D eigenvalue weighted by Gasteiger charge is 2.04. The van der Waals surface area contributed by atoms with Crippen molar-refractivity contribution in [3.63, 3.8) is 0 Å². The Hall–Kier alpha value is -0.800. The minimum Gasteiger partial charge on any atom is -0.410 e. The van der Waals surface area contributed by atoms with E-state index < -0.39 is 5.82 Å². The Bertz CT molecular complexity index is 327. The first-order valence-electron chi connectivity index (χ1n) is 2.98. The maximum Gasteiger partial charge on any atom is 0.175 e. The molecule has 0 aliphatic heterocycles. The topological polar surface area (TPSA) is 32.6 Å². The van der Waals surface area contributed by atoms with Gasteiger partial charge in [-0.2, -0.15) is 0 Å². The SMILES string of the molecule is ON=C(Cl)c1ccc(Cl)c(F)c1. The van der Waals surface area contributed by atoms with Crippen LogP contribution in [0.15, 0.2) is 23.4 Å². The molecule has 1 aromatic rings. The van der Waals surface area contributed by atoms with Crippen LogP contribution in [0.4, 0.5) is 4.39 Å². The summed E-state index contributed by atoms with van der Waals surface area (Å²) in [5.41, 5.74) is 0.279. The van der Waals surface area contributed by atoms with Crippen LogP contribution in [0.5, 0.6) is 0 Å². The summed E-state index contributed by atoms with van der Waals surface area (Å²) in [5, 5.41) is 10.8. The maximum atomic E-state index is 12.7. The molecule has 0 bridgehead atoms. The molecule has 1 N–H and O–H groups in total. The lowest BCUT2D eigenvalue weighted by Gasteiger charge is -1.97. The second-order valence-corrected chi connectivity index (χ2v) is 2.78. The van der Waals surface area contributed by atoms with Crippen LogP contribution in [0.3, 0.4) is 0 Å². The van der Waals surface area contributed by atoms with E-state index in [4.69, 9.17) is 28.4 Å². The molecule has 1 aromatic carbocycles. The fourth-order valence-corrected chi connectivity index (χ4v) is 0.917. The molecule has 64 valence electrons. The van der Waals surface area contributed by atoms with Gasteiger partial charge in [0.05, 0.1) is 5.02 Å². The van der Waals surface area contributed by atoms with E-state index in [2.05, 4.69) is 5.16 Å². The van der Waals surface area contributed by atoms with Crippen molar-refractivity contribution >= 4 is 28.4 Å². The normalized spacial score (nSPS) is 11.8. The van der Waals surface area contributed by atoms with Crippen LogP contribution >= 0.6 is 23.2 Å². The Morgan fingerprint density at radius 1 is 1.50 bits per heavy atom. The first-order chi connectivity index (χ1) is 5.65. The van der Waals surface area contributed by atoms with Gasteiger partial charge in [-0.25, -0.2) is 4.39 Å². The van der Waals surface area contributed by atoms with E-state index in [1.54, 1.807) is 0 Å². The lowest BCUT2D eigenvalue weighted by molar-refractivity contribution is 0.321. The standard InChI is InChI=1S/C7H4Cl2FNO/c8-5-2-1-4(3-6(5)10)7(9)11-12/h1-3,12H. The first kappa shape index (κ1) is 9.29. The predicted molar refractivity (Wildman–Crippen MR) is 45.6 cm³/mol. The van der Waals surface area contributed by atoms with Gasteiger partial charge in [0.1, 0.15) is 5.82 Å². The van der Waals surface area contributed by atoms with Gasteiger partial charge in [0.25, 0.3) is 0 Å². The summed E-state index contributed by atoms with van der Waals surface area (Å²) >= 11 is 10.8. The zero-order chi connectivity index (χ0) is 9.14. The lowest BCUT2D eigenvalue weighted by atomic mass is 10.2. The summed E-state index contributed by atoms with van der Waals surface area (Å²) in [4.78, 5) is 0. The van der Waals surface area contributed by atoms with Crippen LogP contribution in [-0.2, 0) is 0 Å². The molecule has 0 saturated heterocycles. The average molecular weight is 208 g/mol. The van der Waals surface area contributed by atoms with Crippen LogP contribution < -0.4 is 0 Å². The molecule has 0 amide bonds. The highest BCUT2D eigenvalue weighted by atomic mass is 35.5. The number of benzene rings is 1. The molecule has 0 saturated carbocycles. The van der Waals surface area contributed by atoms with Crippen molar-refractivity contribution < 1.29 is 9.60 Å². The number of rotatable bonds is 1. The van der Waals surface area contributed by atoms with E-state index in [0.29, 0.717) is 0 Å². The van der Waals surface area contributed by atoms with Gasteiger partial charge in [-0.1, -0.05) is 34.4 Å². The zero-order valence-electron chi connectivity index (χ0n) is 5.76. The molecule has 0 atom stereocenters. The molecular formula is C7H4Cl2FNO. The third-order valence-corrected chi connectivity index (χ3v) is 1.85. The van der Waals surface area contributed by atoms with Gasteiger partial charge >= 0.3 is 0 Å². The van der Waals surface area contributed by atoms with Gasteiger partial charge in [-0.05, 0) is 12.1 Å². The largest absolute Gasteiger partial charge is 0.410 e. The molecular weight excluding hydrogens is 204 g/mol. The van der Waals surface area contributed by atoms with E-state index in [1.165, 1.54) is 12.1 Å². The molecule has 0 unspecified atom stereocenters. The Morgan fingerprint density at radius 3 is 2.67 bits per heavy atom. The Kier molecular flexibility index (Phi) is 2.89. The maximum absolute atomic E-state index is 12.7. The second kappa shape index (κ2) is 3.74. The van der Waals surface area contributed by atoms with E-state index in [1.807, 2.05) is 0 Å². The van der Waals surface area contributed by atoms with E-state index in [0.717, 1.165) is 6.07 Å². The fraction of sp³-hybridized carbons (Fsp3) is 0. The highest BCUT2D eigenvalue weighted by Crippen LogP contribution is 2.16. The molecule has 5 heteroatoms. The second-order valence-electron chi connectivity index (χ2n) is 2.02. The number of nitrogens with zero attached hydrogens (tertiary/aromatic N) is 1. The summed E-state index contributed by atoms with van der Waals surface area (Å²) in [6, 6.07) is 3.87. The average Bonchev–Trinajstić information content (AvgIpc) is 2.08. The summed E-state index contributed by atoms with van der Waals surface area (Å²) < 4.78 is 12.7. The quantitative estimate of drug-likeness (QED) is 0.429. The zero-order valence-corrected chi connectivity index (χ0v) is 7.27. The van der Waals surface area contributed by atoms with Crippen molar-refractivity contribution in [1.29, 1.82) is 0 Å². The molecule has 0 aliphatic carbocycles. The summed E-state index contributed by atoms with van der Waals surface area (Å²) in [6.07, 6.45) is 0. The molecule has 2 nitrogen and oxygen atoms in total. The van der Waals surface area contributed by atoms with Crippen molar-refractivity contribution in [3.05, 3.63) is 34.6 Å². The molecule has 1 rings (SSSR count). The number of oxime groups is 1. The monoisotopic (exact) mass is 207 g/mol. The molecule has 0 fully saturated rings. The third-order valence-electron chi connectivity index (χ3n) is 1.25. The first-order valence-corrected chi connectivity index (χ1v) is 3.73. The predicted octanol–water partition coefficient (Wildman–Crippen LogP) is 2.85. The van der Waals surface area contributed by atoms with Gasteiger partial charge < -0.3 is 5.21 Å². The third kappa shape index (κ3) is 1.87. The van der Waals surface area contributed by atoms with Crippen LogP contribution in [-0.4, -0.2) is 10.4 Å². The highest BCUT2D eigenvalue weighted by molar-refractivity contribution is 6.69. The van der Waals surface area contributed by atoms with Crippen molar-refractivity contribution in [2.75, 3.05) is 0 Å². The van der Waals surface area contributed by atoms with E-state index in [9.17, 15) is 4.39 Å². The van der Waals surface area contributed by atoms with Gasteiger partial charge in [0.2, 0.25) is 0 Å². The molecule has 0 aromatic heterocycles. The molecule has 0 spiro atoms. The molecule has 0 aliphatic rings. The minimum atomic E-state index is -0.601. The van der Waals surface area contributed by atoms with Crippen LogP contribution in [0.2, 0.25) is 5.02 Å². The Balaban J connectivity index is 3.13. The van der Waals surface area contributed by atoms with Crippen LogP contribution in [0, 0.1) is 5.82 Å². The summed E-state index contributed by atoms with van der Waals surface area (Å²) in [6.45, 7) is 0. The van der Waals surface area contributed by atoms with Gasteiger partial charge in [0, 0.05) is 5.56 Å². The fourth-order valence-electron chi connectivity index (χ4n) is 0.682. The summed E-state index contributed by atoms with van der Waals surface area (Å²) in [7, 11) is 0. The molecule has 12 heavy (non-hydrogen) atoms. The Morgan fingerprint density at radius 2 is 2.17 bits per heavy atom. The Labute approximate surface area is 78.2 Å². The van der Waals surface area contributed by atoms with Crippen LogP contribution in [0.1, 0.15) is 5.56 Å². The number of halogens is 3. The van der Waals surface area contributed by atoms with Crippen molar-refractivity contribution in [1.82, 2.24) is 0 Å².